The van der Waals surface area contributed by atoms with Gasteiger partial charge >= 0.3 is 0 Å². The summed E-state index contributed by atoms with van der Waals surface area (Å²) in [4.78, 5) is 9.73. The van der Waals surface area contributed by atoms with Crippen LogP contribution in [0.2, 0.25) is 0 Å². The summed E-state index contributed by atoms with van der Waals surface area (Å²) in [5.74, 6) is 0. The van der Waals surface area contributed by atoms with Gasteiger partial charge < -0.3 is 19.6 Å². The number of hydrogen-bond donors (Lipinski definition) is 0. The maximum Gasteiger partial charge on any atom is 0.0465 e. The fraction of sp³-hybridized carbons (Fsp3) is 0.0423. The smallest absolute Gasteiger partial charge is 0.0465 e. The van der Waals surface area contributed by atoms with E-state index in [9.17, 15) is 0 Å². The quantitative estimate of drug-likeness (QED) is 0.0711. The van der Waals surface area contributed by atoms with Gasteiger partial charge in [-0.15, -0.1) is 0 Å². The van der Waals surface area contributed by atoms with Crippen molar-refractivity contribution in [1.29, 1.82) is 0 Å². The largest absolute Gasteiger partial charge is 0.310 e. The predicted octanol–water partition coefficient (Wildman–Crippen LogP) is 39.8. The minimum Gasteiger partial charge on any atom is -0.310 e. The fourth-order valence-electron chi connectivity index (χ4n) is 22.9. The first-order chi connectivity index (χ1) is 71.8. The molecule has 2 aliphatic carbocycles. The summed E-state index contributed by atoms with van der Waals surface area (Å²) < 4.78 is 0. The van der Waals surface area contributed by atoms with Crippen molar-refractivity contribution in [2.75, 3.05) is 19.6 Å². The molecule has 2 aliphatic rings. The number of fused-ring (bicyclic) bond motifs is 10. The molecule has 146 heavy (non-hydrogen) atoms. The van der Waals surface area contributed by atoms with Crippen LogP contribution in [0.4, 0.5) is 68.2 Å². The van der Waals surface area contributed by atoms with Gasteiger partial charge in [-0.25, -0.2) is 0 Å². The Morgan fingerprint density at radius 2 is 0.322 bits per heavy atom. The van der Waals surface area contributed by atoms with Crippen molar-refractivity contribution >= 4 is 111 Å². The van der Waals surface area contributed by atoms with Crippen LogP contribution in [0.3, 0.4) is 0 Å². The Labute approximate surface area is 853 Å². The molecule has 4 nitrogen and oxygen atoms in total. The van der Waals surface area contributed by atoms with Gasteiger partial charge in [-0.3, -0.25) is 0 Å². The molecule has 690 valence electrons. The van der Waals surface area contributed by atoms with Crippen LogP contribution in [0, 0.1) is 0 Å². The number of hydrogen-bond acceptors (Lipinski definition) is 4. The molecule has 4 heteroatoms. The average molecular weight is 1860 g/mol. The van der Waals surface area contributed by atoms with E-state index in [2.05, 4.69) is 593 Å². The highest BCUT2D eigenvalue weighted by molar-refractivity contribution is 6.06. The second-order valence-electron chi connectivity index (χ2n) is 39.9. The third kappa shape index (κ3) is 16.0. The molecule has 0 N–H and O–H groups in total. The van der Waals surface area contributed by atoms with Crippen LogP contribution >= 0.6 is 0 Å². The summed E-state index contributed by atoms with van der Waals surface area (Å²) >= 11 is 0. The SMILES string of the molecule is CC1(C)c2cc(N(c3ccc(-c4ccccc4)cc3)c3ccc(-c4ccc5ccccc5c4)cc3)ccc2-c2ccc(N(c3ccc(-c4cccc(-c5ccc(-c6ccc(N(c7ccc(-c8ccccc8)cc7)c7ccc8c(c7)C(C)(C)c7cc(N(c9ccc(-c%10ccccc%10)cc9)c9ccc(-c%10cccc%11ccccc%10%11)cc9)ccc7-8)cc6)c6ccccc56)c4)cc3)c3ccc(-c4ccc5ccccc5c4)cc3)cc21. The Hall–Kier alpha value is -18.5. The van der Waals surface area contributed by atoms with Crippen LogP contribution in [-0.2, 0) is 10.8 Å². The lowest BCUT2D eigenvalue weighted by atomic mass is 9.82. The molecule has 24 aromatic rings. The molecule has 0 unspecified atom stereocenters. The van der Waals surface area contributed by atoms with Crippen LogP contribution in [0.15, 0.2) is 546 Å². The summed E-state index contributed by atoms with van der Waals surface area (Å²) in [5.41, 5.74) is 43.6. The molecule has 24 aromatic carbocycles. The summed E-state index contributed by atoms with van der Waals surface area (Å²) in [6.07, 6.45) is 0. The van der Waals surface area contributed by atoms with E-state index in [0.29, 0.717) is 0 Å². The van der Waals surface area contributed by atoms with Crippen molar-refractivity contribution in [3.63, 3.8) is 0 Å². The maximum atomic E-state index is 2.46. The first-order valence-electron chi connectivity index (χ1n) is 50.7. The molecule has 0 amide bonds. The summed E-state index contributed by atoms with van der Waals surface area (Å²) in [6, 6.07) is 202. The summed E-state index contributed by atoms with van der Waals surface area (Å²) in [5, 5.41) is 9.80. The topological polar surface area (TPSA) is 13.0 Å². The third-order valence-corrected chi connectivity index (χ3v) is 30.7. The second kappa shape index (κ2) is 36.6. The van der Waals surface area contributed by atoms with Gasteiger partial charge in [0, 0.05) is 79.1 Å². The molecule has 0 saturated carbocycles. The molecule has 0 fully saturated rings. The van der Waals surface area contributed by atoms with Crippen molar-refractivity contribution in [1.82, 2.24) is 0 Å². The molecular formula is C142H102N4. The van der Waals surface area contributed by atoms with Crippen LogP contribution in [0.5, 0.6) is 0 Å². The minimum atomic E-state index is -0.370. The molecule has 0 aliphatic heterocycles. The highest BCUT2D eigenvalue weighted by Gasteiger charge is 2.40. The molecule has 0 bridgehead atoms. The van der Waals surface area contributed by atoms with E-state index in [0.717, 1.165) is 90.5 Å². The fourth-order valence-corrected chi connectivity index (χ4v) is 22.9. The molecule has 0 radical (unpaired) electrons. The van der Waals surface area contributed by atoms with Crippen molar-refractivity contribution in [3.8, 4) is 122 Å². The molecule has 0 atom stereocenters. The monoisotopic (exact) mass is 1860 g/mol. The van der Waals surface area contributed by atoms with Crippen LogP contribution < -0.4 is 19.6 Å². The lowest BCUT2D eigenvalue weighted by Crippen LogP contribution is -2.17. The number of nitrogens with zero attached hydrogens (tertiary/aromatic N) is 4. The normalized spacial score (nSPS) is 12.5. The Bertz CT molecular complexity index is 9090. The molecule has 0 saturated heterocycles. The van der Waals surface area contributed by atoms with Crippen molar-refractivity contribution < 1.29 is 0 Å². The summed E-state index contributed by atoms with van der Waals surface area (Å²) in [6.45, 7) is 9.62. The van der Waals surface area contributed by atoms with Crippen LogP contribution in [0.1, 0.15) is 49.9 Å². The number of rotatable bonds is 21. The molecule has 26 rings (SSSR count). The Morgan fingerprint density at radius 3 is 0.651 bits per heavy atom. The standard InChI is InChI=1S/C142H102N4/c1-141(2)137-91-123(143(115-62-46-100(47-63-115)95-24-8-5-9-25-95)119-70-54-104(55-71-119)112-44-42-98-30-14-16-33-109(98)88-112)78-82-133(137)134-83-79-124(92-138(134)141)144(120-72-56-105(57-73-120)113-45-43-99-31-15-17-34-110(99)89-113)118-68-52-103(53-69-118)111-36-22-37-114(90-111)130-87-86-129(131-39-20-21-40-132(130)131)108-60-76-122(77-61-108)146(117-66-50-102(51-67-117)97-28-12-7-13-29-97)126-81-85-136-135-84-80-125(93-139(135)142(3,4)140(136)94-126)145(116-64-48-101(49-65-116)96-26-10-6-11-27-96)121-74-58-107(59-75-121)128-41-23-35-106-32-18-19-38-127(106)128/h5-94H,1-4H3. The van der Waals surface area contributed by atoms with Crippen molar-refractivity contribution in [3.05, 3.63) is 568 Å². The highest BCUT2D eigenvalue weighted by atomic mass is 15.2. The predicted molar refractivity (Wildman–Crippen MR) is 619 cm³/mol. The Morgan fingerprint density at radius 1 is 0.116 bits per heavy atom. The van der Waals surface area contributed by atoms with Gasteiger partial charge in [0.1, 0.15) is 0 Å². The van der Waals surface area contributed by atoms with Crippen molar-refractivity contribution in [2.45, 2.75) is 38.5 Å². The average Bonchev–Trinajstić information content (AvgIpc) is 1.57. The zero-order chi connectivity index (χ0) is 97.5. The van der Waals surface area contributed by atoms with Gasteiger partial charge in [0.25, 0.3) is 0 Å². The van der Waals surface area contributed by atoms with Crippen LogP contribution in [-0.4, -0.2) is 0 Å². The molecule has 0 spiro atoms. The van der Waals surface area contributed by atoms with E-state index in [1.807, 2.05) is 0 Å². The van der Waals surface area contributed by atoms with E-state index in [1.54, 1.807) is 0 Å². The minimum absolute atomic E-state index is 0.365. The molecule has 0 aromatic heterocycles. The van der Waals surface area contributed by atoms with Gasteiger partial charge in [0.15, 0.2) is 0 Å². The first kappa shape index (κ1) is 87.7. The van der Waals surface area contributed by atoms with E-state index in [1.165, 1.54) is 165 Å². The Balaban J connectivity index is 0.505. The van der Waals surface area contributed by atoms with Gasteiger partial charge in [0.2, 0.25) is 0 Å². The number of benzene rings is 24. The van der Waals surface area contributed by atoms with E-state index in [4.69, 9.17) is 0 Å². The third-order valence-electron chi connectivity index (χ3n) is 30.7. The lowest BCUT2D eigenvalue weighted by molar-refractivity contribution is 0.660. The van der Waals surface area contributed by atoms with Gasteiger partial charge in [0.05, 0.1) is 0 Å². The second-order valence-corrected chi connectivity index (χ2v) is 39.9. The number of anilines is 12. The van der Waals surface area contributed by atoms with Crippen molar-refractivity contribution in [2.24, 2.45) is 0 Å². The van der Waals surface area contributed by atoms with Gasteiger partial charge in [-0.05, 0) is 352 Å². The maximum absolute atomic E-state index is 2.46. The van der Waals surface area contributed by atoms with Gasteiger partial charge in [-0.1, -0.05) is 410 Å². The molecular weight excluding hydrogens is 1760 g/mol. The van der Waals surface area contributed by atoms with E-state index in [-0.39, 0.29) is 10.8 Å². The zero-order valence-corrected chi connectivity index (χ0v) is 81.8. The van der Waals surface area contributed by atoms with Gasteiger partial charge in [-0.2, -0.15) is 0 Å². The lowest BCUT2D eigenvalue weighted by Gasteiger charge is -2.29. The zero-order valence-electron chi connectivity index (χ0n) is 81.8. The molecule has 0 heterocycles. The summed E-state index contributed by atoms with van der Waals surface area (Å²) in [7, 11) is 0. The Kier molecular flexibility index (Phi) is 22.0. The first-order valence-corrected chi connectivity index (χ1v) is 50.7. The van der Waals surface area contributed by atoms with E-state index >= 15 is 0 Å². The highest BCUT2D eigenvalue weighted by Crippen LogP contribution is 2.57. The van der Waals surface area contributed by atoms with E-state index < -0.39 is 0 Å². The van der Waals surface area contributed by atoms with Crippen LogP contribution in [0.25, 0.3) is 165 Å².